The summed E-state index contributed by atoms with van der Waals surface area (Å²) >= 11 is 0. The van der Waals surface area contributed by atoms with Gasteiger partial charge in [-0.05, 0) is 116 Å². The standard InChI is InChI=1S/C57H36N3O2/c1-4-13-36(14-5-1)39-23-25-40(26-24-39)55-58-56(41-27-29-48-47-19-10-11-21-50(47)61-52(48)34-41)60-57(59-55)42-28-30-49-53(35-42)62-51-22-12-20-46(54(49)51)45-32-43(37-15-6-2-7-16-37)31-44(33-45)38-17-8-3-9-18-38/h1-35,55H/q-1. The molecule has 0 saturated heterocycles. The van der Waals surface area contributed by atoms with E-state index in [0.29, 0.717) is 11.7 Å². The average Bonchev–Trinajstić information content (AvgIpc) is 3.92. The number of fused-ring (bicyclic) bond motifs is 6. The molecule has 292 valence electrons. The van der Waals surface area contributed by atoms with Crippen LogP contribution >= 0.6 is 0 Å². The fourth-order valence-electron chi connectivity index (χ4n) is 8.77. The molecule has 12 rings (SSSR count). The lowest BCUT2D eigenvalue weighted by atomic mass is 9.91. The molecule has 1 atom stereocenters. The predicted molar refractivity (Wildman–Crippen MR) is 255 cm³/mol. The van der Waals surface area contributed by atoms with E-state index in [1.165, 1.54) is 11.1 Å². The average molecular weight is 795 g/mol. The van der Waals surface area contributed by atoms with Crippen LogP contribution in [0.1, 0.15) is 22.9 Å². The molecule has 5 heteroatoms. The van der Waals surface area contributed by atoms with Gasteiger partial charge in [-0.15, -0.1) is 0 Å². The molecule has 1 unspecified atom stereocenters. The Morgan fingerprint density at radius 1 is 0.355 bits per heavy atom. The van der Waals surface area contributed by atoms with Crippen LogP contribution in [0.2, 0.25) is 0 Å². The van der Waals surface area contributed by atoms with Gasteiger partial charge in [-0.25, -0.2) is 0 Å². The molecule has 11 aromatic rings. The molecule has 0 bridgehead atoms. The zero-order valence-corrected chi connectivity index (χ0v) is 33.4. The monoisotopic (exact) mass is 794 g/mol. The smallest absolute Gasteiger partial charge is 0.136 e. The van der Waals surface area contributed by atoms with Gasteiger partial charge in [0.05, 0.1) is 12.0 Å². The zero-order chi connectivity index (χ0) is 41.0. The molecule has 0 radical (unpaired) electrons. The Morgan fingerprint density at radius 3 is 1.60 bits per heavy atom. The third-order valence-electron chi connectivity index (χ3n) is 11.9. The first-order valence-electron chi connectivity index (χ1n) is 20.8. The highest BCUT2D eigenvalue weighted by molar-refractivity contribution is 6.21. The largest absolute Gasteiger partial charge is 0.456 e. The summed E-state index contributed by atoms with van der Waals surface area (Å²) in [5.41, 5.74) is 15.1. The number of nitrogens with zero attached hydrogens (tertiary/aromatic N) is 3. The van der Waals surface area contributed by atoms with Crippen LogP contribution in [-0.2, 0) is 0 Å². The van der Waals surface area contributed by atoms with E-state index in [2.05, 4.69) is 176 Å². The molecule has 3 heterocycles. The molecule has 0 N–H and O–H groups in total. The Labute approximate surface area is 358 Å². The van der Waals surface area contributed by atoms with Crippen molar-refractivity contribution in [2.24, 2.45) is 9.98 Å². The Kier molecular flexibility index (Phi) is 8.49. The van der Waals surface area contributed by atoms with Crippen molar-refractivity contribution in [3.63, 3.8) is 0 Å². The summed E-state index contributed by atoms with van der Waals surface area (Å²) in [5.74, 6) is 1.18. The lowest BCUT2D eigenvalue weighted by Gasteiger charge is -2.32. The molecule has 5 nitrogen and oxygen atoms in total. The van der Waals surface area contributed by atoms with Gasteiger partial charge in [0.2, 0.25) is 0 Å². The first-order valence-corrected chi connectivity index (χ1v) is 20.8. The molecular weight excluding hydrogens is 759 g/mol. The zero-order valence-electron chi connectivity index (χ0n) is 33.4. The second kappa shape index (κ2) is 14.8. The van der Waals surface area contributed by atoms with Crippen molar-refractivity contribution in [3.05, 3.63) is 234 Å². The lowest BCUT2D eigenvalue weighted by molar-refractivity contribution is 0.668. The van der Waals surface area contributed by atoms with E-state index in [0.717, 1.165) is 93.9 Å². The molecule has 0 amide bonds. The maximum absolute atomic E-state index is 6.69. The van der Waals surface area contributed by atoms with Gasteiger partial charge in [0.25, 0.3) is 0 Å². The van der Waals surface area contributed by atoms with E-state index < -0.39 is 6.17 Å². The van der Waals surface area contributed by atoms with Crippen molar-refractivity contribution in [1.82, 2.24) is 0 Å². The van der Waals surface area contributed by atoms with Crippen LogP contribution in [0.15, 0.2) is 231 Å². The quantitative estimate of drug-likeness (QED) is 0.161. The van der Waals surface area contributed by atoms with Crippen LogP contribution in [0.25, 0.3) is 93.7 Å². The number of hydrogen-bond acceptors (Lipinski definition) is 4. The number of amidine groups is 2. The minimum atomic E-state index is -0.512. The normalized spacial score (nSPS) is 14.0. The number of benzene rings is 9. The molecule has 0 aliphatic carbocycles. The maximum Gasteiger partial charge on any atom is 0.136 e. The van der Waals surface area contributed by atoms with Crippen LogP contribution in [0.5, 0.6) is 0 Å². The summed E-state index contributed by atoms with van der Waals surface area (Å²) in [6.45, 7) is 0. The summed E-state index contributed by atoms with van der Waals surface area (Å²) < 4.78 is 13.0. The van der Waals surface area contributed by atoms with E-state index in [4.69, 9.17) is 24.1 Å². The first-order chi connectivity index (χ1) is 30.7. The van der Waals surface area contributed by atoms with Crippen LogP contribution in [-0.4, -0.2) is 11.7 Å². The van der Waals surface area contributed by atoms with E-state index >= 15 is 0 Å². The fourth-order valence-corrected chi connectivity index (χ4v) is 8.77. The summed E-state index contributed by atoms with van der Waals surface area (Å²) in [4.78, 5) is 10.3. The molecule has 0 fully saturated rings. The molecular formula is C57H36N3O2-. The van der Waals surface area contributed by atoms with E-state index in [1.54, 1.807) is 0 Å². The van der Waals surface area contributed by atoms with Gasteiger partial charge >= 0.3 is 0 Å². The van der Waals surface area contributed by atoms with E-state index in [-0.39, 0.29) is 0 Å². The molecule has 2 aromatic heterocycles. The topological polar surface area (TPSA) is 65.1 Å². The second-order valence-corrected chi connectivity index (χ2v) is 15.7. The maximum atomic E-state index is 6.69. The molecule has 62 heavy (non-hydrogen) atoms. The van der Waals surface area contributed by atoms with Crippen molar-refractivity contribution < 1.29 is 8.83 Å². The van der Waals surface area contributed by atoms with Crippen molar-refractivity contribution in [2.45, 2.75) is 6.17 Å². The van der Waals surface area contributed by atoms with Gasteiger partial charge in [0, 0.05) is 21.5 Å². The minimum absolute atomic E-state index is 0.512. The molecule has 1 aliphatic rings. The Bertz CT molecular complexity index is 3470. The Morgan fingerprint density at radius 2 is 0.871 bits per heavy atom. The third-order valence-corrected chi connectivity index (χ3v) is 11.9. The second-order valence-electron chi connectivity index (χ2n) is 15.7. The number of furan rings is 2. The first kappa shape index (κ1) is 35.6. The van der Waals surface area contributed by atoms with Gasteiger partial charge in [-0.1, -0.05) is 164 Å². The van der Waals surface area contributed by atoms with Crippen molar-refractivity contribution in [2.75, 3.05) is 0 Å². The van der Waals surface area contributed by atoms with Crippen LogP contribution in [0.3, 0.4) is 0 Å². The lowest BCUT2D eigenvalue weighted by Crippen LogP contribution is -2.15. The van der Waals surface area contributed by atoms with Gasteiger partial charge in [-0.2, -0.15) is 0 Å². The Hall–Kier alpha value is -8.28. The van der Waals surface area contributed by atoms with Gasteiger partial charge in [-0.3, -0.25) is 4.99 Å². The number of hydrogen-bond donors (Lipinski definition) is 0. The van der Waals surface area contributed by atoms with Crippen LogP contribution in [0.4, 0.5) is 0 Å². The van der Waals surface area contributed by atoms with Crippen molar-refractivity contribution in [3.8, 4) is 44.5 Å². The summed E-state index contributed by atoms with van der Waals surface area (Å²) in [6, 6.07) is 73.9. The minimum Gasteiger partial charge on any atom is -0.456 e. The summed E-state index contributed by atoms with van der Waals surface area (Å²) in [6.07, 6.45) is -0.512. The fraction of sp³-hybridized carbons (Fsp3) is 0.0175. The number of para-hydroxylation sites is 1. The highest BCUT2D eigenvalue weighted by Gasteiger charge is 2.19. The highest BCUT2D eigenvalue weighted by atomic mass is 16.3. The van der Waals surface area contributed by atoms with Crippen molar-refractivity contribution in [1.29, 1.82) is 0 Å². The van der Waals surface area contributed by atoms with Gasteiger partial charge < -0.3 is 19.1 Å². The van der Waals surface area contributed by atoms with Gasteiger partial charge in [0.15, 0.2) is 0 Å². The number of aliphatic imine (C=N–C) groups is 2. The van der Waals surface area contributed by atoms with Crippen LogP contribution < -0.4 is 0 Å². The number of rotatable bonds is 7. The van der Waals surface area contributed by atoms with Gasteiger partial charge in [0.1, 0.15) is 22.3 Å². The molecule has 0 spiro atoms. The summed E-state index contributed by atoms with van der Waals surface area (Å²) in [5, 5.41) is 9.43. The van der Waals surface area contributed by atoms with E-state index in [1.807, 2.05) is 36.4 Å². The predicted octanol–water partition coefficient (Wildman–Crippen LogP) is 15.4. The third kappa shape index (κ3) is 6.35. The Balaban J connectivity index is 0.965. The highest BCUT2D eigenvalue weighted by Crippen LogP contribution is 2.41. The van der Waals surface area contributed by atoms with Crippen LogP contribution in [0, 0.1) is 0 Å². The molecule has 9 aromatic carbocycles. The molecule has 0 saturated carbocycles. The molecule has 1 aliphatic heterocycles. The summed E-state index contributed by atoms with van der Waals surface area (Å²) in [7, 11) is 0. The van der Waals surface area contributed by atoms with E-state index in [9.17, 15) is 0 Å². The van der Waals surface area contributed by atoms with Crippen molar-refractivity contribution >= 4 is 55.5 Å². The SMILES string of the molecule is c1ccc(-c2ccc(C3N=C(c4ccc5c(c4)oc4ccccc45)N=C(c4ccc5c(c4)oc4cccc(-c6cc(-c7ccccc7)cc(-c7ccccc7)c6)c45)[N-]3)cc2)cc1.